The molecule has 4 nitrogen and oxygen atoms in total. The number of rotatable bonds is 2. The monoisotopic (exact) mass is 281 g/mol. The highest BCUT2D eigenvalue weighted by atomic mass is 16.3. The highest BCUT2D eigenvalue weighted by molar-refractivity contribution is 6.23. The van der Waals surface area contributed by atoms with Gasteiger partial charge in [-0.2, -0.15) is 0 Å². The average Bonchev–Trinajstić information content (AvgIpc) is 2.76. The number of aryl methyl sites for hydroxylation is 1. The van der Waals surface area contributed by atoms with E-state index in [0.29, 0.717) is 11.3 Å². The first-order valence-electron chi connectivity index (χ1n) is 6.79. The highest BCUT2D eigenvalue weighted by Gasteiger charge is 2.40. The molecule has 0 radical (unpaired) electrons. The minimum absolute atomic E-state index is 0.120. The van der Waals surface area contributed by atoms with E-state index >= 15 is 0 Å². The molecule has 1 aliphatic heterocycles. The third kappa shape index (κ3) is 2.29. The van der Waals surface area contributed by atoms with Crippen molar-refractivity contribution in [1.82, 2.24) is 0 Å². The molecule has 2 aromatic carbocycles. The molecule has 1 atom stereocenters. The third-order valence-electron chi connectivity index (χ3n) is 3.77. The van der Waals surface area contributed by atoms with Crippen molar-refractivity contribution in [2.45, 2.75) is 19.3 Å². The number of carbonyl (C=O) groups excluding carboxylic acids is 2. The van der Waals surface area contributed by atoms with Crippen LogP contribution >= 0.6 is 0 Å². The van der Waals surface area contributed by atoms with Crippen LogP contribution in [0, 0.1) is 6.92 Å². The summed E-state index contributed by atoms with van der Waals surface area (Å²) in [5.74, 6) is -0.718. The number of phenols is 1. The minimum Gasteiger partial charge on any atom is -0.508 e. The molecular formula is C17H15NO3. The molecule has 3 rings (SSSR count). The average molecular weight is 281 g/mol. The molecule has 1 heterocycles. The SMILES string of the molecule is Cc1cc(O)ccc1N1C(=O)CC(c2ccccc2)C1=O. The van der Waals surface area contributed by atoms with Crippen LogP contribution in [0.1, 0.15) is 23.5 Å². The molecule has 1 fully saturated rings. The lowest BCUT2D eigenvalue weighted by Crippen LogP contribution is -2.30. The van der Waals surface area contributed by atoms with Gasteiger partial charge >= 0.3 is 0 Å². The Balaban J connectivity index is 1.98. The maximum Gasteiger partial charge on any atom is 0.241 e. The van der Waals surface area contributed by atoms with Crippen LogP contribution in [-0.4, -0.2) is 16.9 Å². The van der Waals surface area contributed by atoms with Crippen LogP contribution in [-0.2, 0) is 9.59 Å². The van der Waals surface area contributed by atoms with Gasteiger partial charge in [-0.3, -0.25) is 9.59 Å². The number of hydrogen-bond acceptors (Lipinski definition) is 3. The Morgan fingerprint density at radius 1 is 1.10 bits per heavy atom. The predicted molar refractivity (Wildman–Crippen MR) is 79.1 cm³/mol. The molecule has 0 spiro atoms. The van der Waals surface area contributed by atoms with Gasteiger partial charge < -0.3 is 5.11 Å². The Morgan fingerprint density at radius 3 is 2.48 bits per heavy atom. The molecule has 0 bridgehead atoms. The first-order chi connectivity index (χ1) is 10.1. The third-order valence-corrected chi connectivity index (χ3v) is 3.77. The molecule has 0 aliphatic carbocycles. The van der Waals surface area contributed by atoms with Crippen LogP contribution in [0.3, 0.4) is 0 Å². The van der Waals surface area contributed by atoms with E-state index in [2.05, 4.69) is 0 Å². The predicted octanol–water partition coefficient (Wildman–Crippen LogP) is 2.75. The molecule has 4 heteroatoms. The quantitative estimate of drug-likeness (QED) is 0.861. The summed E-state index contributed by atoms with van der Waals surface area (Å²) in [4.78, 5) is 26.1. The number of benzene rings is 2. The Kier molecular flexibility index (Phi) is 3.22. The standard InChI is InChI=1S/C17H15NO3/c1-11-9-13(19)7-8-15(11)18-16(20)10-14(17(18)21)12-5-3-2-4-6-12/h2-9,14,19H,10H2,1H3. The number of anilines is 1. The molecule has 106 valence electrons. The Bertz CT molecular complexity index is 709. The lowest BCUT2D eigenvalue weighted by Gasteiger charge is -2.17. The number of amides is 2. The van der Waals surface area contributed by atoms with Gasteiger partial charge in [0.1, 0.15) is 5.75 Å². The number of phenolic OH excluding ortho intramolecular Hbond substituents is 1. The zero-order valence-electron chi connectivity index (χ0n) is 11.6. The topological polar surface area (TPSA) is 57.6 Å². The second-order valence-electron chi connectivity index (χ2n) is 5.21. The van der Waals surface area contributed by atoms with Gasteiger partial charge in [0.15, 0.2) is 0 Å². The van der Waals surface area contributed by atoms with Gasteiger partial charge in [-0.1, -0.05) is 30.3 Å². The van der Waals surface area contributed by atoms with Gasteiger partial charge in [-0.25, -0.2) is 4.90 Å². The molecule has 1 aliphatic rings. The van der Waals surface area contributed by atoms with Gasteiger partial charge in [-0.15, -0.1) is 0 Å². The van der Waals surface area contributed by atoms with E-state index in [9.17, 15) is 14.7 Å². The largest absolute Gasteiger partial charge is 0.508 e. The van der Waals surface area contributed by atoms with Crippen LogP contribution in [0.25, 0.3) is 0 Å². The maximum atomic E-state index is 12.6. The summed E-state index contributed by atoms with van der Waals surface area (Å²) in [6.07, 6.45) is 0.184. The van der Waals surface area contributed by atoms with Gasteiger partial charge in [0.05, 0.1) is 11.6 Å². The van der Waals surface area contributed by atoms with E-state index < -0.39 is 5.92 Å². The summed E-state index contributed by atoms with van der Waals surface area (Å²) in [5.41, 5.74) is 2.10. The molecule has 0 saturated carbocycles. The number of nitrogens with zero attached hydrogens (tertiary/aromatic N) is 1. The van der Waals surface area contributed by atoms with Gasteiger partial charge in [0, 0.05) is 6.42 Å². The molecule has 0 aromatic heterocycles. The fraction of sp³-hybridized carbons (Fsp3) is 0.176. The van der Waals surface area contributed by atoms with Crippen molar-refractivity contribution in [2.75, 3.05) is 4.90 Å². The zero-order chi connectivity index (χ0) is 15.0. The van der Waals surface area contributed by atoms with E-state index in [-0.39, 0.29) is 24.0 Å². The second kappa shape index (κ2) is 5.05. The number of hydrogen-bond donors (Lipinski definition) is 1. The smallest absolute Gasteiger partial charge is 0.241 e. The van der Waals surface area contributed by atoms with Crippen LogP contribution in [0.5, 0.6) is 5.75 Å². The van der Waals surface area contributed by atoms with Crippen molar-refractivity contribution < 1.29 is 14.7 Å². The van der Waals surface area contributed by atoms with E-state index in [1.165, 1.54) is 11.0 Å². The molecule has 2 amide bonds. The van der Waals surface area contributed by atoms with Gasteiger partial charge in [-0.05, 0) is 36.2 Å². The van der Waals surface area contributed by atoms with Crippen LogP contribution in [0.2, 0.25) is 0 Å². The van der Waals surface area contributed by atoms with Crippen molar-refractivity contribution in [3.05, 3.63) is 59.7 Å². The van der Waals surface area contributed by atoms with Gasteiger partial charge in [0.2, 0.25) is 11.8 Å². The Labute approximate surface area is 122 Å². The molecular weight excluding hydrogens is 266 g/mol. The van der Waals surface area contributed by atoms with E-state index in [1.54, 1.807) is 19.1 Å². The fourth-order valence-electron chi connectivity index (χ4n) is 2.72. The first kappa shape index (κ1) is 13.4. The molecule has 2 aromatic rings. The molecule has 1 N–H and O–H groups in total. The summed E-state index contributed by atoms with van der Waals surface area (Å²) < 4.78 is 0. The van der Waals surface area contributed by atoms with Crippen LogP contribution in [0.15, 0.2) is 48.5 Å². The Morgan fingerprint density at radius 2 is 1.81 bits per heavy atom. The molecule has 1 saturated heterocycles. The van der Waals surface area contributed by atoms with Crippen LogP contribution in [0.4, 0.5) is 5.69 Å². The van der Waals surface area contributed by atoms with Crippen molar-refractivity contribution in [3.8, 4) is 5.75 Å². The Hall–Kier alpha value is -2.62. The number of carbonyl (C=O) groups is 2. The van der Waals surface area contributed by atoms with Crippen molar-refractivity contribution in [1.29, 1.82) is 0 Å². The highest BCUT2D eigenvalue weighted by Crippen LogP contribution is 2.35. The van der Waals surface area contributed by atoms with Crippen LogP contribution < -0.4 is 4.90 Å². The van der Waals surface area contributed by atoms with Crippen molar-refractivity contribution in [3.63, 3.8) is 0 Å². The molecule has 21 heavy (non-hydrogen) atoms. The van der Waals surface area contributed by atoms with E-state index in [4.69, 9.17) is 0 Å². The fourth-order valence-corrected chi connectivity index (χ4v) is 2.72. The first-order valence-corrected chi connectivity index (χ1v) is 6.79. The summed E-state index contributed by atoms with van der Waals surface area (Å²) in [6, 6.07) is 14.0. The minimum atomic E-state index is -0.424. The number of imide groups is 1. The summed E-state index contributed by atoms with van der Waals surface area (Å²) in [7, 11) is 0. The summed E-state index contributed by atoms with van der Waals surface area (Å²) >= 11 is 0. The van der Waals surface area contributed by atoms with Crippen molar-refractivity contribution >= 4 is 17.5 Å². The van der Waals surface area contributed by atoms with Crippen molar-refractivity contribution in [2.24, 2.45) is 0 Å². The lowest BCUT2D eigenvalue weighted by atomic mass is 9.98. The van der Waals surface area contributed by atoms with Gasteiger partial charge in [0.25, 0.3) is 0 Å². The van der Waals surface area contributed by atoms with E-state index in [1.807, 2.05) is 30.3 Å². The zero-order valence-corrected chi connectivity index (χ0v) is 11.6. The summed E-state index contributed by atoms with van der Waals surface area (Å²) in [6.45, 7) is 1.77. The lowest BCUT2D eigenvalue weighted by molar-refractivity contribution is -0.121. The number of aromatic hydroxyl groups is 1. The maximum absolute atomic E-state index is 12.6. The second-order valence-corrected chi connectivity index (χ2v) is 5.21. The normalized spacial score (nSPS) is 18.3. The van der Waals surface area contributed by atoms with E-state index in [0.717, 1.165) is 5.56 Å². The summed E-state index contributed by atoms with van der Waals surface area (Å²) in [5, 5.41) is 9.45. The molecule has 1 unspecified atom stereocenters.